The highest BCUT2D eigenvalue weighted by Crippen LogP contribution is 2.13. The van der Waals surface area contributed by atoms with Crippen LogP contribution in [0.3, 0.4) is 0 Å². The standard InChI is InChI=1S/C13H19NO2/c1-4-14-13(15)11-5-7-12(8-6-11)16-9-10(2)3/h5-8,10H,4,9H2,1-3H3,(H,14,15). The van der Waals surface area contributed by atoms with Gasteiger partial charge in [-0.3, -0.25) is 4.79 Å². The number of rotatable bonds is 5. The van der Waals surface area contributed by atoms with Crippen molar-refractivity contribution in [2.24, 2.45) is 5.92 Å². The molecule has 1 rings (SSSR count). The van der Waals surface area contributed by atoms with Gasteiger partial charge in [0.1, 0.15) is 5.75 Å². The lowest BCUT2D eigenvalue weighted by Gasteiger charge is -2.09. The van der Waals surface area contributed by atoms with E-state index < -0.39 is 0 Å². The minimum atomic E-state index is -0.0436. The fraction of sp³-hybridized carbons (Fsp3) is 0.462. The summed E-state index contributed by atoms with van der Waals surface area (Å²) < 4.78 is 5.53. The van der Waals surface area contributed by atoms with Gasteiger partial charge in [0.25, 0.3) is 5.91 Å². The molecular formula is C13H19NO2. The number of hydrogen-bond acceptors (Lipinski definition) is 2. The average Bonchev–Trinajstić information content (AvgIpc) is 2.27. The van der Waals surface area contributed by atoms with Crippen molar-refractivity contribution in [2.45, 2.75) is 20.8 Å². The largest absolute Gasteiger partial charge is 0.493 e. The Hall–Kier alpha value is -1.51. The van der Waals surface area contributed by atoms with Crippen LogP contribution in [0.5, 0.6) is 5.75 Å². The molecule has 0 spiro atoms. The normalized spacial score (nSPS) is 10.2. The Kier molecular flexibility index (Phi) is 4.83. The molecule has 0 fully saturated rings. The second-order valence-corrected chi connectivity index (χ2v) is 4.09. The zero-order valence-electron chi connectivity index (χ0n) is 10.1. The number of carbonyl (C=O) groups is 1. The highest BCUT2D eigenvalue weighted by atomic mass is 16.5. The lowest BCUT2D eigenvalue weighted by Crippen LogP contribution is -2.22. The smallest absolute Gasteiger partial charge is 0.251 e. The van der Waals surface area contributed by atoms with Crippen LogP contribution in [0.2, 0.25) is 0 Å². The number of nitrogens with one attached hydrogen (secondary N) is 1. The fourth-order valence-electron chi connectivity index (χ4n) is 1.23. The van der Waals surface area contributed by atoms with E-state index in [1.807, 2.05) is 19.1 Å². The predicted molar refractivity (Wildman–Crippen MR) is 64.8 cm³/mol. The van der Waals surface area contributed by atoms with Crippen molar-refractivity contribution in [1.82, 2.24) is 5.32 Å². The van der Waals surface area contributed by atoms with Crippen molar-refractivity contribution in [1.29, 1.82) is 0 Å². The van der Waals surface area contributed by atoms with Gasteiger partial charge >= 0.3 is 0 Å². The lowest BCUT2D eigenvalue weighted by atomic mass is 10.2. The van der Waals surface area contributed by atoms with E-state index in [0.717, 1.165) is 5.75 Å². The molecule has 0 radical (unpaired) electrons. The number of amides is 1. The van der Waals surface area contributed by atoms with Crippen molar-refractivity contribution in [3.05, 3.63) is 29.8 Å². The Morgan fingerprint density at radius 3 is 2.44 bits per heavy atom. The maximum atomic E-state index is 11.5. The van der Waals surface area contributed by atoms with Crippen molar-refractivity contribution in [3.63, 3.8) is 0 Å². The minimum Gasteiger partial charge on any atom is -0.493 e. The van der Waals surface area contributed by atoms with Gasteiger partial charge in [-0.05, 0) is 37.1 Å². The van der Waals surface area contributed by atoms with E-state index in [-0.39, 0.29) is 5.91 Å². The second-order valence-electron chi connectivity index (χ2n) is 4.09. The lowest BCUT2D eigenvalue weighted by molar-refractivity contribution is 0.0956. The summed E-state index contributed by atoms with van der Waals surface area (Å²) in [5.41, 5.74) is 0.666. The molecule has 1 aromatic carbocycles. The molecule has 1 amide bonds. The third-order valence-corrected chi connectivity index (χ3v) is 2.04. The monoisotopic (exact) mass is 221 g/mol. The molecule has 0 aliphatic heterocycles. The van der Waals surface area contributed by atoms with Crippen LogP contribution in [0, 0.1) is 5.92 Å². The Labute approximate surface area is 96.8 Å². The molecule has 0 unspecified atom stereocenters. The van der Waals surface area contributed by atoms with Crippen LogP contribution in [0.25, 0.3) is 0 Å². The van der Waals surface area contributed by atoms with Crippen molar-refractivity contribution in [3.8, 4) is 5.75 Å². The third kappa shape index (κ3) is 3.93. The summed E-state index contributed by atoms with van der Waals surface area (Å²) in [7, 11) is 0. The molecule has 1 aromatic rings. The summed E-state index contributed by atoms with van der Waals surface area (Å²) in [4.78, 5) is 11.5. The average molecular weight is 221 g/mol. The van der Waals surface area contributed by atoms with Crippen LogP contribution in [0.15, 0.2) is 24.3 Å². The fourth-order valence-corrected chi connectivity index (χ4v) is 1.23. The molecule has 0 atom stereocenters. The molecule has 0 saturated heterocycles. The SMILES string of the molecule is CCNC(=O)c1ccc(OCC(C)C)cc1. The molecular weight excluding hydrogens is 202 g/mol. The van der Waals surface area contributed by atoms with Crippen molar-refractivity contribution >= 4 is 5.91 Å². The van der Waals surface area contributed by atoms with Gasteiger partial charge < -0.3 is 10.1 Å². The van der Waals surface area contributed by atoms with Crippen molar-refractivity contribution in [2.75, 3.05) is 13.2 Å². The van der Waals surface area contributed by atoms with Gasteiger partial charge in [0, 0.05) is 12.1 Å². The third-order valence-electron chi connectivity index (χ3n) is 2.04. The summed E-state index contributed by atoms with van der Waals surface area (Å²) in [6, 6.07) is 7.21. The first-order chi connectivity index (χ1) is 7.63. The van der Waals surface area contributed by atoms with Crippen LogP contribution in [0.1, 0.15) is 31.1 Å². The van der Waals surface area contributed by atoms with Gasteiger partial charge in [-0.2, -0.15) is 0 Å². The molecule has 0 aromatic heterocycles. The maximum Gasteiger partial charge on any atom is 0.251 e. The number of carbonyl (C=O) groups excluding carboxylic acids is 1. The molecule has 3 heteroatoms. The topological polar surface area (TPSA) is 38.3 Å². The Morgan fingerprint density at radius 1 is 1.31 bits per heavy atom. The Morgan fingerprint density at radius 2 is 1.94 bits per heavy atom. The van der Waals surface area contributed by atoms with E-state index in [4.69, 9.17) is 4.74 Å². The zero-order chi connectivity index (χ0) is 12.0. The first-order valence-electron chi connectivity index (χ1n) is 5.64. The summed E-state index contributed by atoms with van der Waals surface area (Å²) in [6.45, 7) is 7.44. The number of ether oxygens (including phenoxy) is 1. The van der Waals surface area contributed by atoms with E-state index in [9.17, 15) is 4.79 Å². The second kappa shape index (κ2) is 6.16. The minimum absolute atomic E-state index is 0.0436. The van der Waals surface area contributed by atoms with Gasteiger partial charge in [-0.15, -0.1) is 0 Å². The van der Waals surface area contributed by atoms with E-state index >= 15 is 0 Å². The summed E-state index contributed by atoms with van der Waals surface area (Å²) >= 11 is 0. The van der Waals surface area contributed by atoms with E-state index in [0.29, 0.717) is 24.6 Å². The van der Waals surface area contributed by atoms with E-state index in [1.54, 1.807) is 12.1 Å². The van der Waals surface area contributed by atoms with Crippen LogP contribution in [0.4, 0.5) is 0 Å². The Balaban J connectivity index is 2.57. The zero-order valence-corrected chi connectivity index (χ0v) is 10.1. The van der Waals surface area contributed by atoms with Gasteiger partial charge in [0.2, 0.25) is 0 Å². The number of benzene rings is 1. The molecule has 3 nitrogen and oxygen atoms in total. The van der Waals surface area contributed by atoms with Gasteiger partial charge in [-0.1, -0.05) is 13.8 Å². The van der Waals surface area contributed by atoms with Crippen molar-refractivity contribution < 1.29 is 9.53 Å². The summed E-state index contributed by atoms with van der Waals surface area (Å²) in [5.74, 6) is 1.27. The molecule has 0 aliphatic rings. The highest BCUT2D eigenvalue weighted by molar-refractivity contribution is 5.94. The summed E-state index contributed by atoms with van der Waals surface area (Å²) in [5, 5.41) is 2.75. The summed E-state index contributed by atoms with van der Waals surface area (Å²) in [6.07, 6.45) is 0. The molecule has 0 heterocycles. The predicted octanol–water partition coefficient (Wildman–Crippen LogP) is 2.47. The molecule has 88 valence electrons. The molecule has 0 aliphatic carbocycles. The van der Waals surface area contributed by atoms with Crippen LogP contribution in [-0.2, 0) is 0 Å². The number of hydrogen-bond donors (Lipinski definition) is 1. The van der Waals surface area contributed by atoms with Gasteiger partial charge in [-0.25, -0.2) is 0 Å². The Bertz CT molecular complexity index is 330. The highest BCUT2D eigenvalue weighted by Gasteiger charge is 2.03. The first-order valence-corrected chi connectivity index (χ1v) is 5.64. The molecule has 16 heavy (non-hydrogen) atoms. The van der Waals surface area contributed by atoms with E-state index in [1.165, 1.54) is 0 Å². The van der Waals surface area contributed by atoms with Gasteiger partial charge in [0.15, 0.2) is 0 Å². The van der Waals surface area contributed by atoms with Crippen LogP contribution < -0.4 is 10.1 Å². The van der Waals surface area contributed by atoms with Gasteiger partial charge in [0.05, 0.1) is 6.61 Å². The van der Waals surface area contributed by atoms with E-state index in [2.05, 4.69) is 19.2 Å². The first kappa shape index (κ1) is 12.6. The maximum absolute atomic E-state index is 11.5. The van der Waals surface area contributed by atoms with Crippen LogP contribution in [-0.4, -0.2) is 19.1 Å². The molecule has 1 N–H and O–H groups in total. The molecule has 0 saturated carbocycles. The van der Waals surface area contributed by atoms with Crippen LogP contribution >= 0.6 is 0 Å². The molecule has 0 bridgehead atoms. The quantitative estimate of drug-likeness (QED) is 0.829.